The van der Waals surface area contributed by atoms with Crippen LogP contribution in [0.15, 0.2) is 67.4 Å². The zero-order chi connectivity index (χ0) is 28.7. The lowest BCUT2D eigenvalue weighted by Gasteiger charge is -2.16. The highest BCUT2D eigenvalue weighted by molar-refractivity contribution is 6.06. The molecule has 40 heavy (non-hydrogen) atoms. The summed E-state index contributed by atoms with van der Waals surface area (Å²) in [5, 5.41) is 4.85. The Kier molecular flexibility index (Phi) is 6.57. The maximum Gasteiger partial charge on any atom is 0.417 e. The number of nitrogens with one attached hydrogen (secondary N) is 3. The summed E-state index contributed by atoms with van der Waals surface area (Å²) < 4.78 is 94.3. The predicted molar refractivity (Wildman–Crippen MR) is 129 cm³/mol. The molecule has 0 saturated carbocycles. The molecule has 0 aliphatic rings. The first-order chi connectivity index (χ1) is 18.9. The smallest absolute Gasteiger partial charge is 0.340 e. The van der Waals surface area contributed by atoms with Gasteiger partial charge in [0.1, 0.15) is 29.2 Å². The van der Waals surface area contributed by atoms with Crippen LogP contribution >= 0.6 is 0 Å². The molecule has 0 radical (unpaired) electrons. The molecule has 0 aliphatic heterocycles. The van der Waals surface area contributed by atoms with Gasteiger partial charge < -0.3 is 15.6 Å². The van der Waals surface area contributed by atoms with Crippen LogP contribution in [0.5, 0.6) is 0 Å². The molecular formula is C25H14F7N7O. The number of benzene rings is 2. The first-order valence-electron chi connectivity index (χ1n) is 11.2. The monoisotopic (exact) mass is 561 g/mol. The Morgan fingerprint density at radius 1 is 0.875 bits per heavy atom. The number of aromatic amines is 1. The number of carbonyl (C=O) groups is 1. The van der Waals surface area contributed by atoms with Crippen LogP contribution in [-0.4, -0.2) is 30.8 Å². The number of aromatic nitrogens is 5. The molecule has 15 heteroatoms. The summed E-state index contributed by atoms with van der Waals surface area (Å²) in [6, 6.07) is 6.95. The van der Waals surface area contributed by atoms with E-state index in [4.69, 9.17) is 0 Å². The van der Waals surface area contributed by atoms with E-state index in [1.54, 1.807) is 12.1 Å². The van der Waals surface area contributed by atoms with Gasteiger partial charge in [-0.15, -0.1) is 0 Å². The van der Waals surface area contributed by atoms with E-state index in [2.05, 4.69) is 30.2 Å². The highest BCUT2D eigenvalue weighted by atomic mass is 19.4. The van der Waals surface area contributed by atoms with Crippen molar-refractivity contribution in [1.29, 1.82) is 0 Å². The van der Waals surface area contributed by atoms with Gasteiger partial charge in [-0.25, -0.2) is 24.3 Å². The molecule has 5 aromatic rings. The second-order valence-corrected chi connectivity index (χ2v) is 8.25. The van der Waals surface area contributed by atoms with E-state index in [9.17, 15) is 35.5 Å². The molecule has 5 rings (SSSR count). The Balaban J connectivity index is 1.47. The van der Waals surface area contributed by atoms with Gasteiger partial charge in [-0.2, -0.15) is 26.3 Å². The first kappa shape index (κ1) is 26.5. The standard InChI is InChI=1S/C25H14F7N7O/c26-17-6-4-13(38-21-14(2-1-7-33-21)19-20-22(36-10-34-19)37-11-35-20)9-18(17)39-23(40)15-8-12(24(27,28)29)3-5-16(15)25(30,31)32/h1-11H,(H,33,38)(H,39,40)(H,34,35,36,37). The third kappa shape index (κ3) is 5.25. The average Bonchev–Trinajstić information content (AvgIpc) is 3.39. The second-order valence-electron chi connectivity index (χ2n) is 8.25. The number of fused-ring (bicyclic) bond motifs is 1. The molecule has 0 fully saturated rings. The number of halogens is 7. The Hall–Kier alpha value is -5.08. The van der Waals surface area contributed by atoms with Crippen LogP contribution < -0.4 is 10.6 Å². The Morgan fingerprint density at radius 2 is 1.68 bits per heavy atom. The Morgan fingerprint density at radius 3 is 2.42 bits per heavy atom. The summed E-state index contributed by atoms with van der Waals surface area (Å²) in [4.78, 5) is 32.3. The highest BCUT2D eigenvalue weighted by Gasteiger charge is 2.38. The van der Waals surface area contributed by atoms with E-state index in [0.717, 1.165) is 12.1 Å². The van der Waals surface area contributed by atoms with Gasteiger partial charge in [-0.1, -0.05) is 0 Å². The summed E-state index contributed by atoms with van der Waals surface area (Å²) in [5.74, 6) is -2.41. The molecule has 0 atom stereocenters. The third-order valence-electron chi connectivity index (χ3n) is 5.65. The van der Waals surface area contributed by atoms with Crippen molar-refractivity contribution >= 4 is 34.3 Å². The van der Waals surface area contributed by atoms with Crippen molar-refractivity contribution in [2.24, 2.45) is 0 Å². The number of hydrogen-bond donors (Lipinski definition) is 3. The van der Waals surface area contributed by atoms with Crippen LogP contribution in [0.4, 0.5) is 47.9 Å². The molecular weight excluding hydrogens is 547 g/mol. The average molecular weight is 561 g/mol. The van der Waals surface area contributed by atoms with Crippen LogP contribution in [0.1, 0.15) is 21.5 Å². The number of amides is 1. The molecule has 3 heterocycles. The van der Waals surface area contributed by atoms with E-state index < -0.39 is 46.5 Å². The maximum absolute atomic E-state index is 14.6. The number of rotatable bonds is 5. The third-order valence-corrected chi connectivity index (χ3v) is 5.65. The zero-order valence-corrected chi connectivity index (χ0v) is 19.7. The van der Waals surface area contributed by atoms with Crippen molar-refractivity contribution in [3.8, 4) is 11.3 Å². The lowest BCUT2D eigenvalue weighted by molar-refractivity contribution is -0.141. The van der Waals surface area contributed by atoms with E-state index in [-0.39, 0.29) is 29.7 Å². The van der Waals surface area contributed by atoms with Gasteiger partial charge in [-0.3, -0.25) is 4.79 Å². The van der Waals surface area contributed by atoms with Crippen molar-refractivity contribution in [3.05, 3.63) is 89.9 Å². The fourth-order valence-electron chi connectivity index (χ4n) is 3.84. The van der Waals surface area contributed by atoms with Gasteiger partial charge in [0.05, 0.1) is 28.7 Å². The summed E-state index contributed by atoms with van der Waals surface area (Å²) in [6.07, 6.45) is -5.97. The minimum Gasteiger partial charge on any atom is -0.340 e. The second kappa shape index (κ2) is 9.91. The number of pyridine rings is 1. The summed E-state index contributed by atoms with van der Waals surface area (Å²) in [5.41, 5.74) is -3.08. The van der Waals surface area contributed by atoms with E-state index in [1.165, 1.54) is 24.9 Å². The minimum absolute atomic E-state index is 0.0653. The normalized spacial score (nSPS) is 12.0. The fraction of sp³-hybridized carbons (Fsp3) is 0.0800. The lowest BCUT2D eigenvalue weighted by atomic mass is 10.0. The molecule has 0 unspecified atom stereocenters. The van der Waals surface area contributed by atoms with Gasteiger partial charge >= 0.3 is 12.4 Å². The number of carbonyl (C=O) groups excluding carboxylic acids is 1. The molecule has 0 saturated heterocycles. The molecule has 1 amide bonds. The Labute approximate surface area is 219 Å². The first-order valence-corrected chi connectivity index (χ1v) is 11.2. The van der Waals surface area contributed by atoms with Crippen LogP contribution in [0, 0.1) is 5.82 Å². The van der Waals surface area contributed by atoms with Crippen molar-refractivity contribution in [2.75, 3.05) is 10.6 Å². The predicted octanol–water partition coefficient (Wildman–Crippen LogP) is 6.59. The number of hydrogen-bond acceptors (Lipinski definition) is 6. The van der Waals surface area contributed by atoms with Crippen molar-refractivity contribution in [1.82, 2.24) is 24.9 Å². The molecule has 8 nitrogen and oxygen atoms in total. The van der Waals surface area contributed by atoms with Crippen LogP contribution in [0.2, 0.25) is 0 Å². The quantitative estimate of drug-likeness (QED) is 0.209. The van der Waals surface area contributed by atoms with Gasteiger partial charge in [0, 0.05) is 17.4 Å². The zero-order valence-electron chi connectivity index (χ0n) is 19.7. The summed E-state index contributed by atoms with van der Waals surface area (Å²) in [7, 11) is 0. The Bertz CT molecular complexity index is 1730. The number of alkyl halides is 6. The van der Waals surface area contributed by atoms with Crippen molar-refractivity contribution in [3.63, 3.8) is 0 Å². The van der Waals surface area contributed by atoms with Crippen LogP contribution in [0.25, 0.3) is 22.4 Å². The summed E-state index contributed by atoms with van der Waals surface area (Å²) in [6.45, 7) is 0. The number of anilines is 3. The molecule has 0 bridgehead atoms. The molecule has 204 valence electrons. The molecule has 2 aromatic carbocycles. The molecule has 3 aromatic heterocycles. The SMILES string of the molecule is O=C(Nc1cc(Nc2ncccc2-c2ncnc3[nH]cnc23)ccc1F)c1cc(C(F)(F)F)ccc1C(F)(F)F. The molecule has 3 N–H and O–H groups in total. The number of H-pyrrole nitrogens is 1. The van der Waals surface area contributed by atoms with Gasteiger partial charge in [0.25, 0.3) is 5.91 Å². The van der Waals surface area contributed by atoms with E-state index >= 15 is 0 Å². The van der Waals surface area contributed by atoms with Crippen molar-refractivity contribution < 1.29 is 35.5 Å². The van der Waals surface area contributed by atoms with E-state index in [0.29, 0.717) is 22.4 Å². The molecule has 0 aliphatic carbocycles. The van der Waals surface area contributed by atoms with Gasteiger partial charge in [0.2, 0.25) is 0 Å². The van der Waals surface area contributed by atoms with Crippen LogP contribution in [0.3, 0.4) is 0 Å². The number of imidazole rings is 1. The number of nitrogens with zero attached hydrogens (tertiary/aromatic N) is 4. The fourth-order valence-corrected chi connectivity index (χ4v) is 3.84. The summed E-state index contributed by atoms with van der Waals surface area (Å²) >= 11 is 0. The largest absolute Gasteiger partial charge is 0.417 e. The minimum atomic E-state index is -5.14. The van der Waals surface area contributed by atoms with Crippen LogP contribution in [-0.2, 0) is 12.4 Å². The molecule has 0 spiro atoms. The lowest BCUT2D eigenvalue weighted by Crippen LogP contribution is -2.21. The maximum atomic E-state index is 14.6. The van der Waals surface area contributed by atoms with Gasteiger partial charge in [-0.05, 0) is 48.5 Å². The van der Waals surface area contributed by atoms with E-state index in [1.807, 2.05) is 5.32 Å². The highest BCUT2D eigenvalue weighted by Crippen LogP contribution is 2.37. The van der Waals surface area contributed by atoms with Gasteiger partial charge in [0.15, 0.2) is 5.65 Å². The van der Waals surface area contributed by atoms with Crippen molar-refractivity contribution in [2.45, 2.75) is 12.4 Å². The topological polar surface area (TPSA) is 108 Å².